The summed E-state index contributed by atoms with van der Waals surface area (Å²) in [6.45, 7) is 18.5. The van der Waals surface area contributed by atoms with Crippen LogP contribution < -0.4 is 4.43 Å². The highest BCUT2D eigenvalue weighted by Crippen LogP contribution is 2.37. The third-order valence-electron chi connectivity index (χ3n) is 5.51. The van der Waals surface area contributed by atoms with E-state index in [9.17, 15) is 0 Å². The van der Waals surface area contributed by atoms with Gasteiger partial charge >= 0.3 is 0 Å². The van der Waals surface area contributed by atoms with Crippen molar-refractivity contribution in [2.45, 2.75) is 91.8 Å². The first kappa shape index (κ1) is 21.3. The highest BCUT2D eigenvalue weighted by Gasteiger charge is 2.38. The van der Waals surface area contributed by atoms with Crippen LogP contribution in [0.25, 0.3) is 0 Å². The molecule has 2 heteroatoms. The lowest BCUT2D eigenvalue weighted by molar-refractivity contribution is 0.437. The van der Waals surface area contributed by atoms with Gasteiger partial charge in [0.2, 0.25) is 8.32 Å². The monoisotopic (exact) mass is 348 g/mol. The lowest BCUT2D eigenvalue weighted by Gasteiger charge is -2.36. The minimum absolute atomic E-state index is 0.247. The summed E-state index contributed by atoms with van der Waals surface area (Å²) in [5.74, 6) is 2.70. The number of benzene rings is 1. The summed E-state index contributed by atoms with van der Waals surface area (Å²) in [5, 5.41) is 0.247. The molecule has 1 rings (SSSR count). The van der Waals surface area contributed by atoms with Gasteiger partial charge in [-0.1, -0.05) is 72.9 Å². The first-order valence-electron chi connectivity index (χ1n) is 9.79. The van der Waals surface area contributed by atoms with E-state index in [2.05, 4.69) is 78.9 Å². The Bertz CT molecular complexity index is 468. The molecule has 1 atom stereocenters. The molecular weight excluding hydrogens is 308 g/mol. The molecule has 0 saturated carbocycles. The van der Waals surface area contributed by atoms with Gasteiger partial charge in [-0.15, -0.1) is 0 Å². The molecular formula is C22H40OSi. The molecule has 0 aliphatic carbocycles. The van der Waals surface area contributed by atoms with Gasteiger partial charge in [0.05, 0.1) is 0 Å². The van der Waals surface area contributed by atoms with E-state index in [0.29, 0.717) is 0 Å². The van der Waals surface area contributed by atoms with E-state index in [1.807, 2.05) is 0 Å². The highest BCUT2D eigenvalue weighted by molar-refractivity contribution is 6.74. The first-order chi connectivity index (χ1) is 11.0. The predicted molar refractivity (Wildman–Crippen MR) is 110 cm³/mol. The van der Waals surface area contributed by atoms with Gasteiger partial charge < -0.3 is 4.43 Å². The Labute approximate surface area is 152 Å². The van der Waals surface area contributed by atoms with Crippen molar-refractivity contribution >= 4 is 8.32 Å². The Morgan fingerprint density at radius 3 is 2.00 bits per heavy atom. The van der Waals surface area contributed by atoms with Crippen LogP contribution in [-0.2, 0) is 6.42 Å². The third-order valence-corrected chi connectivity index (χ3v) is 9.87. The predicted octanol–water partition coefficient (Wildman–Crippen LogP) is 7.47. The van der Waals surface area contributed by atoms with Crippen LogP contribution in [0.2, 0.25) is 18.1 Å². The molecule has 0 spiro atoms. The SMILES string of the molecule is CC(C)CCCC(C)CCc1ccc(O[Si](C)(C)C(C)(C)C)cc1. The molecule has 0 fully saturated rings. The summed E-state index contributed by atoms with van der Waals surface area (Å²) in [7, 11) is -1.72. The largest absolute Gasteiger partial charge is 0.544 e. The van der Waals surface area contributed by atoms with E-state index in [1.54, 1.807) is 0 Å². The molecule has 0 aromatic heterocycles. The first-order valence-corrected chi connectivity index (χ1v) is 12.7. The minimum Gasteiger partial charge on any atom is -0.544 e. The lowest BCUT2D eigenvalue weighted by atomic mass is 9.94. The summed E-state index contributed by atoms with van der Waals surface area (Å²) in [6, 6.07) is 8.84. The Hall–Kier alpha value is -0.763. The second-order valence-electron chi connectivity index (χ2n) is 9.47. The summed E-state index contributed by atoms with van der Waals surface area (Å²) in [5.41, 5.74) is 1.44. The number of rotatable bonds is 9. The fraction of sp³-hybridized carbons (Fsp3) is 0.727. The molecule has 24 heavy (non-hydrogen) atoms. The minimum atomic E-state index is -1.72. The molecule has 0 aliphatic heterocycles. The molecule has 0 aliphatic rings. The van der Waals surface area contributed by atoms with Gasteiger partial charge in [0.15, 0.2) is 0 Å². The zero-order chi connectivity index (χ0) is 18.4. The van der Waals surface area contributed by atoms with Crippen LogP contribution in [0.5, 0.6) is 5.75 Å². The number of hydrogen-bond acceptors (Lipinski definition) is 1. The summed E-state index contributed by atoms with van der Waals surface area (Å²) in [4.78, 5) is 0. The molecule has 1 nitrogen and oxygen atoms in total. The Morgan fingerprint density at radius 2 is 1.50 bits per heavy atom. The van der Waals surface area contributed by atoms with Gasteiger partial charge in [0.25, 0.3) is 0 Å². The standard InChI is InChI=1S/C22H40OSi/c1-18(2)10-9-11-19(3)12-13-20-14-16-21(17-15-20)23-24(7,8)22(4,5)6/h14-19H,9-13H2,1-8H3. The zero-order valence-corrected chi connectivity index (χ0v) is 18.4. The van der Waals surface area contributed by atoms with Crippen molar-refractivity contribution in [3.63, 3.8) is 0 Å². The Kier molecular flexibility index (Phi) is 8.05. The lowest BCUT2D eigenvalue weighted by Crippen LogP contribution is -2.43. The van der Waals surface area contributed by atoms with Crippen LogP contribution >= 0.6 is 0 Å². The van der Waals surface area contributed by atoms with Gasteiger partial charge in [0.1, 0.15) is 5.75 Å². The van der Waals surface area contributed by atoms with Crippen molar-refractivity contribution in [3.05, 3.63) is 29.8 Å². The van der Waals surface area contributed by atoms with E-state index >= 15 is 0 Å². The van der Waals surface area contributed by atoms with E-state index in [4.69, 9.17) is 4.43 Å². The van der Waals surface area contributed by atoms with Gasteiger partial charge in [-0.3, -0.25) is 0 Å². The van der Waals surface area contributed by atoms with E-state index in [1.165, 1.54) is 37.7 Å². The van der Waals surface area contributed by atoms with E-state index in [-0.39, 0.29) is 5.04 Å². The van der Waals surface area contributed by atoms with Crippen LogP contribution in [0.1, 0.15) is 72.8 Å². The molecule has 0 saturated heterocycles. The van der Waals surface area contributed by atoms with Crippen molar-refractivity contribution in [2.24, 2.45) is 11.8 Å². The number of aryl methyl sites for hydroxylation is 1. The molecule has 0 heterocycles. The average Bonchev–Trinajstić information content (AvgIpc) is 2.44. The topological polar surface area (TPSA) is 9.23 Å². The van der Waals surface area contributed by atoms with Crippen molar-refractivity contribution in [1.82, 2.24) is 0 Å². The second kappa shape index (κ2) is 9.08. The number of hydrogen-bond donors (Lipinski definition) is 0. The molecule has 1 aromatic rings. The van der Waals surface area contributed by atoms with Crippen LogP contribution in [-0.4, -0.2) is 8.32 Å². The Balaban J connectivity index is 2.45. The molecule has 1 unspecified atom stereocenters. The smallest absolute Gasteiger partial charge is 0.250 e. The summed E-state index contributed by atoms with van der Waals surface area (Å²) >= 11 is 0. The van der Waals surface area contributed by atoms with Crippen LogP contribution in [0.4, 0.5) is 0 Å². The van der Waals surface area contributed by atoms with Crippen LogP contribution in [0, 0.1) is 11.8 Å². The van der Waals surface area contributed by atoms with Gasteiger partial charge in [-0.2, -0.15) is 0 Å². The fourth-order valence-corrected chi connectivity index (χ4v) is 3.64. The molecule has 0 N–H and O–H groups in total. The highest BCUT2D eigenvalue weighted by atomic mass is 28.4. The summed E-state index contributed by atoms with van der Waals surface area (Å²) < 4.78 is 6.36. The van der Waals surface area contributed by atoms with E-state index in [0.717, 1.165) is 17.6 Å². The van der Waals surface area contributed by atoms with Crippen molar-refractivity contribution < 1.29 is 4.43 Å². The maximum atomic E-state index is 6.36. The Morgan fingerprint density at radius 1 is 0.917 bits per heavy atom. The van der Waals surface area contributed by atoms with Crippen molar-refractivity contribution in [3.8, 4) is 5.75 Å². The second-order valence-corrected chi connectivity index (χ2v) is 14.2. The van der Waals surface area contributed by atoms with Crippen LogP contribution in [0.3, 0.4) is 0 Å². The van der Waals surface area contributed by atoms with Crippen molar-refractivity contribution in [2.75, 3.05) is 0 Å². The zero-order valence-electron chi connectivity index (χ0n) is 17.4. The third kappa shape index (κ3) is 7.42. The van der Waals surface area contributed by atoms with Crippen LogP contribution in [0.15, 0.2) is 24.3 Å². The summed E-state index contributed by atoms with van der Waals surface area (Å²) in [6.07, 6.45) is 6.58. The molecule has 0 amide bonds. The molecule has 138 valence electrons. The molecule has 0 radical (unpaired) electrons. The normalized spacial score (nSPS) is 14.0. The fourth-order valence-electron chi connectivity index (χ4n) is 2.60. The molecule has 0 bridgehead atoms. The molecule has 1 aromatic carbocycles. The van der Waals surface area contributed by atoms with Gasteiger partial charge in [-0.25, -0.2) is 0 Å². The maximum Gasteiger partial charge on any atom is 0.250 e. The van der Waals surface area contributed by atoms with E-state index < -0.39 is 8.32 Å². The van der Waals surface area contributed by atoms with Crippen molar-refractivity contribution in [1.29, 1.82) is 0 Å². The average molecular weight is 349 g/mol. The van der Waals surface area contributed by atoms with Gasteiger partial charge in [-0.05, 0) is 60.5 Å². The van der Waals surface area contributed by atoms with Gasteiger partial charge in [0, 0.05) is 0 Å². The quantitative estimate of drug-likeness (QED) is 0.421. The maximum absolute atomic E-state index is 6.36.